The predicted molar refractivity (Wildman–Crippen MR) is 71.0 cm³/mol. The Morgan fingerprint density at radius 1 is 1.61 bits per heavy atom. The van der Waals surface area contributed by atoms with Gasteiger partial charge in [-0.15, -0.1) is 0 Å². The van der Waals surface area contributed by atoms with Gasteiger partial charge in [-0.3, -0.25) is 9.20 Å². The van der Waals surface area contributed by atoms with Crippen LogP contribution in [0.2, 0.25) is 0 Å². The minimum Gasteiger partial charge on any atom is -0.394 e. The van der Waals surface area contributed by atoms with Crippen molar-refractivity contribution in [3.05, 3.63) is 30.1 Å². The molecule has 0 aliphatic heterocycles. The van der Waals surface area contributed by atoms with E-state index in [0.29, 0.717) is 5.69 Å². The maximum atomic E-state index is 12.0. The van der Waals surface area contributed by atoms with E-state index in [4.69, 9.17) is 5.11 Å². The summed E-state index contributed by atoms with van der Waals surface area (Å²) >= 11 is 1.48. The first-order valence-corrected chi connectivity index (χ1v) is 6.82. The van der Waals surface area contributed by atoms with Crippen LogP contribution in [0, 0.1) is 0 Å². The molecule has 0 saturated carbocycles. The zero-order valence-electron chi connectivity index (χ0n) is 10.3. The number of nitrogens with zero attached hydrogens (tertiary/aromatic N) is 2. The highest BCUT2D eigenvalue weighted by atomic mass is 32.2. The topological polar surface area (TPSA) is 66.6 Å². The van der Waals surface area contributed by atoms with Crippen molar-refractivity contribution in [1.29, 1.82) is 0 Å². The molecule has 0 saturated heterocycles. The summed E-state index contributed by atoms with van der Waals surface area (Å²) in [6, 6.07) is 5.33. The predicted octanol–water partition coefficient (Wildman–Crippen LogP) is 1.17. The van der Waals surface area contributed by atoms with Crippen LogP contribution < -0.4 is 5.32 Å². The maximum Gasteiger partial charge on any atom is 0.272 e. The van der Waals surface area contributed by atoms with Crippen LogP contribution in [0.4, 0.5) is 0 Å². The average Bonchev–Trinajstić information content (AvgIpc) is 2.77. The van der Waals surface area contributed by atoms with Gasteiger partial charge in [0.25, 0.3) is 5.91 Å². The van der Waals surface area contributed by atoms with E-state index in [2.05, 4.69) is 10.3 Å². The molecule has 96 valence electrons. The Hall–Kier alpha value is -1.53. The minimum absolute atomic E-state index is 0.0904. The van der Waals surface area contributed by atoms with Gasteiger partial charge in [-0.2, -0.15) is 0 Å². The Morgan fingerprint density at radius 3 is 3.06 bits per heavy atom. The van der Waals surface area contributed by atoms with Gasteiger partial charge >= 0.3 is 0 Å². The largest absolute Gasteiger partial charge is 0.394 e. The van der Waals surface area contributed by atoms with Gasteiger partial charge in [0.1, 0.15) is 0 Å². The SMILES string of the molecule is CSc1nc(C(=O)NC(C)CO)c2ccccn12. The third-order valence-electron chi connectivity index (χ3n) is 2.57. The van der Waals surface area contributed by atoms with Crippen LogP contribution in [0.3, 0.4) is 0 Å². The molecule has 2 rings (SSSR count). The zero-order chi connectivity index (χ0) is 13.1. The molecule has 0 radical (unpaired) electrons. The third-order valence-corrected chi connectivity index (χ3v) is 3.22. The zero-order valence-corrected chi connectivity index (χ0v) is 11.1. The van der Waals surface area contributed by atoms with Gasteiger partial charge in [-0.25, -0.2) is 4.98 Å². The fourth-order valence-electron chi connectivity index (χ4n) is 1.66. The van der Waals surface area contributed by atoms with E-state index in [9.17, 15) is 4.79 Å². The third kappa shape index (κ3) is 2.34. The van der Waals surface area contributed by atoms with Crippen molar-refractivity contribution >= 4 is 23.2 Å². The number of rotatable bonds is 4. The van der Waals surface area contributed by atoms with Gasteiger partial charge in [0.2, 0.25) is 0 Å². The lowest BCUT2D eigenvalue weighted by Crippen LogP contribution is -2.35. The summed E-state index contributed by atoms with van der Waals surface area (Å²) in [5, 5.41) is 12.4. The highest BCUT2D eigenvalue weighted by Crippen LogP contribution is 2.19. The molecular formula is C12H15N3O2S. The van der Waals surface area contributed by atoms with Crippen molar-refractivity contribution in [2.75, 3.05) is 12.9 Å². The second-order valence-electron chi connectivity index (χ2n) is 3.96. The molecule has 5 nitrogen and oxygen atoms in total. The van der Waals surface area contributed by atoms with Crippen LogP contribution in [0.15, 0.2) is 29.6 Å². The van der Waals surface area contributed by atoms with Gasteiger partial charge in [0, 0.05) is 12.2 Å². The number of aliphatic hydroxyl groups is 1. The number of amides is 1. The lowest BCUT2D eigenvalue weighted by atomic mass is 10.3. The molecule has 18 heavy (non-hydrogen) atoms. The van der Waals surface area contributed by atoms with Crippen LogP contribution >= 0.6 is 11.8 Å². The normalized spacial score (nSPS) is 12.6. The molecule has 0 spiro atoms. The molecule has 0 aliphatic rings. The molecular weight excluding hydrogens is 250 g/mol. The summed E-state index contributed by atoms with van der Waals surface area (Å²) in [4.78, 5) is 16.4. The first kappa shape index (κ1) is 12.9. The molecule has 2 aromatic heterocycles. The van der Waals surface area contributed by atoms with Gasteiger partial charge in [-0.1, -0.05) is 17.8 Å². The number of pyridine rings is 1. The Labute approximate surface area is 109 Å². The molecule has 0 aliphatic carbocycles. The van der Waals surface area contributed by atoms with E-state index in [0.717, 1.165) is 10.7 Å². The van der Waals surface area contributed by atoms with E-state index in [1.165, 1.54) is 11.8 Å². The maximum absolute atomic E-state index is 12.0. The monoisotopic (exact) mass is 265 g/mol. The van der Waals surface area contributed by atoms with Crippen molar-refractivity contribution in [3.8, 4) is 0 Å². The number of carbonyl (C=O) groups is 1. The summed E-state index contributed by atoms with van der Waals surface area (Å²) in [6.45, 7) is 1.65. The van der Waals surface area contributed by atoms with E-state index in [-0.39, 0.29) is 18.6 Å². The van der Waals surface area contributed by atoms with Crippen molar-refractivity contribution < 1.29 is 9.90 Å². The Morgan fingerprint density at radius 2 is 2.39 bits per heavy atom. The molecule has 1 atom stereocenters. The van der Waals surface area contributed by atoms with Gasteiger partial charge in [0.15, 0.2) is 10.9 Å². The first-order valence-electron chi connectivity index (χ1n) is 5.60. The Bertz CT molecular complexity index is 567. The van der Waals surface area contributed by atoms with Crippen molar-refractivity contribution in [2.45, 2.75) is 18.1 Å². The van der Waals surface area contributed by atoms with Gasteiger partial charge in [0.05, 0.1) is 12.1 Å². The minimum atomic E-state index is -0.282. The smallest absolute Gasteiger partial charge is 0.272 e. The summed E-state index contributed by atoms with van der Waals surface area (Å²) in [7, 11) is 0. The van der Waals surface area contributed by atoms with Crippen molar-refractivity contribution in [1.82, 2.24) is 14.7 Å². The number of nitrogens with one attached hydrogen (secondary N) is 1. The van der Waals surface area contributed by atoms with E-state index < -0.39 is 0 Å². The lowest BCUT2D eigenvalue weighted by molar-refractivity contribution is 0.0919. The number of thioether (sulfide) groups is 1. The Kier molecular flexibility index (Phi) is 3.88. The number of imidazole rings is 1. The van der Waals surface area contributed by atoms with Gasteiger partial charge < -0.3 is 10.4 Å². The second kappa shape index (κ2) is 5.41. The summed E-state index contributed by atoms with van der Waals surface area (Å²) in [6.07, 6.45) is 3.79. The van der Waals surface area contributed by atoms with Crippen LogP contribution in [-0.4, -0.2) is 39.3 Å². The van der Waals surface area contributed by atoms with E-state index >= 15 is 0 Å². The molecule has 2 heterocycles. The Balaban J connectivity index is 2.41. The summed E-state index contributed by atoms with van der Waals surface area (Å²) in [5.74, 6) is -0.263. The van der Waals surface area contributed by atoms with Crippen molar-refractivity contribution in [3.63, 3.8) is 0 Å². The van der Waals surface area contributed by atoms with Crippen LogP contribution in [-0.2, 0) is 0 Å². The number of hydrogen-bond acceptors (Lipinski definition) is 4. The van der Waals surface area contributed by atoms with E-state index in [1.807, 2.05) is 35.1 Å². The molecule has 1 unspecified atom stereocenters. The lowest BCUT2D eigenvalue weighted by Gasteiger charge is -2.09. The van der Waals surface area contributed by atoms with Crippen LogP contribution in [0.5, 0.6) is 0 Å². The number of carbonyl (C=O) groups excluding carboxylic acids is 1. The number of aromatic nitrogens is 2. The number of aliphatic hydroxyl groups excluding tert-OH is 1. The molecule has 0 bridgehead atoms. The van der Waals surface area contributed by atoms with Gasteiger partial charge in [-0.05, 0) is 25.3 Å². The highest BCUT2D eigenvalue weighted by molar-refractivity contribution is 7.98. The quantitative estimate of drug-likeness (QED) is 0.814. The fraction of sp³-hybridized carbons (Fsp3) is 0.333. The molecule has 0 fully saturated rings. The number of fused-ring (bicyclic) bond motifs is 1. The summed E-state index contributed by atoms with van der Waals surface area (Å²) < 4.78 is 1.88. The highest BCUT2D eigenvalue weighted by Gasteiger charge is 2.17. The van der Waals surface area contributed by atoms with Crippen LogP contribution in [0.1, 0.15) is 17.4 Å². The molecule has 6 heteroatoms. The summed E-state index contributed by atoms with van der Waals surface area (Å²) in [5.41, 5.74) is 1.16. The first-order chi connectivity index (χ1) is 8.67. The number of hydrogen-bond donors (Lipinski definition) is 2. The molecule has 0 aromatic carbocycles. The van der Waals surface area contributed by atoms with Crippen molar-refractivity contribution in [2.24, 2.45) is 0 Å². The molecule has 2 N–H and O–H groups in total. The average molecular weight is 265 g/mol. The second-order valence-corrected chi connectivity index (χ2v) is 4.73. The van der Waals surface area contributed by atoms with E-state index in [1.54, 1.807) is 6.92 Å². The van der Waals surface area contributed by atoms with Crippen LogP contribution in [0.25, 0.3) is 5.52 Å². The fourth-order valence-corrected chi connectivity index (χ4v) is 2.20. The molecule has 1 amide bonds. The molecule has 2 aromatic rings. The standard InChI is InChI=1S/C12H15N3O2S/c1-8(7-16)13-11(17)10-9-5-3-4-6-15(9)12(14-10)18-2/h3-6,8,16H,7H2,1-2H3,(H,13,17).